The molecule has 0 fully saturated rings. The van der Waals surface area contributed by atoms with Crippen LogP contribution in [0.3, 0.4) is 0 Å². The quantitative estimate of drug-likeness (QED) is 0.445. The first kappa shape index (κ1) is 19.1. The second-order valence-corrected chi connectivity index (χ2v) is 4.98. The topological polar surface area (TPSA) is 108 Å². The Morgan fingerprint density at radius 2 is 1.91 bits per heavy atom. The maximum atomic E-state index is 11.9. The molecule has 0 saturated carbocycles. The Morgan fingerprint density at radius 1 is 1.22 bits per heavy atom. The smallest absolute Gasteiger partial charge is 0.321 e. The van der Waals surface area contributed by atoms with Gasteiger partial charge in [-0.1, -0.05) is 19.1 Å². The van der Waals surface area contributed by atoms with Crippen LogP contribution in [0.4, 0.5) is 5.69 Å². The van der Waals surface area contributed by atoms with Crippen molar-refractivity contribution in [3.63, 3.8) is 0 Å². The lowest BCUT2D eigenvalue weighted by molar-refractivity contribution is -0.141. The molecule has 1 aromatic rings. The molecule has 1 unspecified atom stereocenters. The number of hydrogen-bond acceptors (Lipinski definition) is 5. The first-order chi connectivity index (χ1) is 11.1. The molecule has 1 atom stereocenters. The van der Waals surface area contributed by atoms with Gasteiger partial charge < -0.3 is 25.6 Å². The van der Waals surface area contributed by atoms with Gasteiger partial charge >= 0.3 is 5.97 Å². The molecule has 0 aromatic heterocycles. The van der Waals surface area contributed by atoms with Crippen molar-refractivity contribution in [2.45, 2.75) is 25.8 Å². The molecule has 0 aliphatic heterocycles. The van der Waals surface area contributed by atoms with Crippen molar-refractivity contribution in [3.05, 3.63) is 29.8 Å². The van der Waals surface area contributed by atoms with E-state index >= 15 is 0 Å². The van der Waals surface area contributed by atoms with Crippen LogP contribution in [-0.4, -0.2) is 54.5 Å². The van der Waals surface area contributed by atoms with Gasteiger partial charge in [0, 0.05) is 12.2 Å². The average molecular weight is 324 g/mol. The number of aliphatic carboxylic acids is 1. The summed E-state index contributed by atoms with van der Waals surface area (Å²) in [6, 6.07) is 6.44. The summed E-state index contributed by atoms with van der Waals surface area (Å²) in [5, 5.41) is 23.1. The summed E-state index contributed by atoms with van der Waals surface area (Å²) < 4.78 is 5.03. The van der Waals surface area contributed by atoms with Gasteiger partial charge in [0.15, 0.2) is 0 Å². The number of aliphatic hydroxyl groups is 1. The van der Waals surface area contributed by atoms with Gasteiger partial charge in [-0.3, -0.25) is 9.59 Å². The van der Waals surface area contributed by atoms with Crippen molar-refractivity contribution < 1.29 is 24.5 Å². The molecular formula is C16H24N2O5. The molecule has 7 nitrogen and oxygen atoms in total. The van der Waals surface area contributed by atoms with Crippen LogP contribution in [-0.2, 0) is 20.7 Å². The maximum absolute atomic E-state index is 11.9. The summed E-state index contributed by atoms with van der Waals surface area (Å²) in [5.74, 6) is -1.46. The summed E-state index contributed by atoms with van der Waals surface area (Å²) in [6.45, 7) is 2.72. The fourth-order valence-electron chi connectivity index (χ4n) is 1.94. The molecule has 23 heavy (non-hydrogen) atoms. The first-order valence-corrected chi connectivity index (χ1v) is 7.60. The second kappa shape index (κ2) is 10.7. The molecule has 4 N–H and O–H groups in total. The Balaban J connectivity index is 2.42. The van der Waals surface area contributed by atoms with E-state index in [-0.39, 0.29) is 38.7 Å². The highest BCUT2D eigenvalue weighted by atomic mass is 16.5. The zero-order chi connectivity index (χ0) is 17.1. The number of carboxylic acid groups (broad SMARTS) is 1. The maximum Gasteiger partial charge on any atom is 0.321 e. The largest absolute Gasteiger partial charge is 0.480 e. The van der Waals surface area contributed by atoms with Crippen molar-refractivity contribution in [3.8, 4) is 0 Å². The van der Waals surface area contributed by atoms with Crippen LogP contribution in [0.2, 0.25) is 0 Å². The highest BCUT2D eigenvalue weighted by Gasteiger charge is 2.20. The number of nitrogens with one attached hydrogen (secondary N) is 2. The van der Waals surface area contributed by atoms with Gasteiger partial charge in [0.1, 0.15) is 6.04 Å². The Labute approximate surface area is 135 Å². The summed E-state index contributed by atoms with van der Waals surface area (Å²) in [5.41, 5.74) is 1.80. The Morgan fingerprint density at radius 3 is 2.48 bits per heavy atom. The molecule has 0 aliphatic rings. The third-order valence-corrected chi connectivity index (χ3v) is 3.21. The third-order valence-electron chi connectivity index (χ3n) is 3.21. The summed E-state index contributed by atoms with van der Waals surface area (Å²) in [4.78, 5) is 23.1. The third kappa shape index (κ3) is 7.73. The molecule has 1 amide bonds. The Hall–Kier alpha value is -1.96. The SMILES string of the molecule is CCc1ccc(NC(=O)CC(NCCOCCO)C(=O)O)cc1. The minimum absolute atomic E-state index is 0.0818. The summed E-state index contributed by atoms with van der Waals surface area (Å²) in [7, 11) is 0. The fraction of sp³-hybridized carbons (Fsp3) is 0.500. The van der Waals surface area contributed by atoms with Crippen molar-refractivity contribution >= 4 is 17.6 Å². The molecular weight excluding hydrogens is 300 g/mol. The van der Waals surface area contributed by atoms with E-state index in [1.165, 1.54) is 0 Å². The van der Waals surface area contributed by atoms with E-state index in [9.17, 15) is 9.59 Å². The van der Waals surface area contributed by atoms with E-state index in [0.717, 1.165) is 12.0 Å². The number of carbonyl (C=O) groups excluding carboxylic acids is 1. The number of benzene rings is 1. The molecule has 0 bridgehead atoms. The normalized spacial score (nSPS) is 11.9. The van der Waals surface area contributed by atoms with Gasteiger partial charge in [0.05, 0.1) is 26.2 Å². The molecule has 0 saturated heterocycles. The molecule has 1 aromatic carbocycles. The Bertz CT molecular complexity index is 490. The van der Waals surface area contributed by atoms with E-state index in [4.69, 9.17) is 14.9 Å². The minimum Gasteiger partial charge on any atom is -0.480 e. The second-order valence-electron chi connectivity index (χ2n) is 4.98. The summed E-state index contributed by atoms with van der Waals surface area (Å²) >= 11 is 0. The molecule has 7 heteroatoms. The fourth-order valence-corrected chi connectivity index (χ4v) is 1.94. The zero-order valence-electron chi connectivity index (χ0n) is 13.2. The highest BCUT2D eigenvalue weighted by molar-refractivity contribution is 5.94. The van der Waals surface area contributed by atoms with Crippen LogP contribution in [0.5, 0.6) is 0 Å². The van der Waals surface area contributed by atoms with Gasteiger partial charge in [0.2, 0.25) is 5.91 Å². The molecule has 1 rings (SSSR count). The van der Waals surface area contributed by atoms with Crippen molar-refractivity contribution in [2.24, 2.45) is 0 Å². The van der Waals surface area contributed by atoms with Crippen LogP contribution >= 0.6 is 0 Å². The monoisotopic (exact) mass is 324 g/mol. The van der Waals surface area contributed by atoms with Crippen LogP contribution < -0.4 is 10.6 Å². The van der Waals surface area contributed by atoms with E-state index in [1.54, 1.807) is 12.1 Å². The highest BCUT2D eigenvalue weighted by Crippen LogP contribution is 2.10. The van der Waals surface area contributed by atoms with E-state index in [2.05, 4.69) is 10.6 Å². The number of amides is 1. The standard InChI is InChI=1S/C16H24N2O5/c1-2-12-3-5-13(6-4-12)18-15(20)11-14(16(21)22)17-7-9-23-10-8-19/h3-6,14,17,19H,2,7-11H2,1H3,(H,18,20)(H,21,22). The van der Waals surface area contributed by atoms with Crippen LogP contribution in [0.15, 0.2) is 24.3 Å². The molecule has 128 valence electrons. The van der Waals surface area contributed by atoms with E-state index in [1.807, 2.05) is 19.1 Å². The zero-order valence-corrected chi connectivity index (χ0v) is 13.2. The van der Waals surface area contributed by atoms with Crippen molar-refractivity contribution in [1.82, 2.24) is 5.32 Å². The van der Waals surface area contributed by atoms with E-state index < -0.39 is 12.0 Å². The summed E-state index contributed by atoms with van der Waals surface area (Å²) in [6.07, 6.45) is 0.739. The van der Waals surface area contributed by atoms with Crippen LogP contribution in [0.25, 0.3) is 0 Å². The van der Waals surface area contributed by atoms with Crippen LogP contribution in [0.1, 0.15) is 18.9 Å². The number of carbonyl (C=O) groups is 2. The van der Waals surface area contributed by atoms with Crippen molar-refractivity contribution in [1.29, 1.82) is 0 Å². The van der Waals surface area contributed by atoms with Gasteiger partial charge in [-0.2, -0.15) is 0 Å². The van der Waals surface area contributed by atoms with E-state index in [0.29, 0.717) is 5.69 Å². The number of anilines is 1. The number of aryl methyl sites for hydroxylation is 1. The minimum atomic E-state index is -1.09. The molecule has 0 radical (unpaired) electrons. The van der Waals surface area contributed by atoms with Gasteiger partial charge in [-0.25, -0.2) is 0 Å². The number of rotatable bonds is 11. The molecule has 0 heterocycles. The predicted octanol–water partition coefficient (Wildman–Crippen LogP) is 0.629. The molecule has 0 spiro atoms. The number of hydrogen-bond donors (Lipinski definition) is 4. The Kier molecular flexibility index (Phi) is 8.89. The number of aliphatic hydroxyl groups excluding tert-OH is 1. The molecule has 0 aliphatic carbocycles. The lowest BCUT2D eigenvalue weighted by atomic mass is 10.1. The van der Waals surface area contributed by atoms with Gasteiger partial charge in [-0.05, 0) is 24.1 Å². The number of carboxylic acids is 1. The van der Waals surface area contributed by atoms with Crippen LogP contribution in [0, 0.1) is 0 Å². The number of ether oxygens (including phenoxy) is 1. The predicted molar refractivity (Wildman–Crippen MR) is 86.4 cm³/mol. The van der Waals surface area contributed by atoms with Gasteiger partial charge in [-0.15, -0.1) is 0 Å². The first-order valence-electron chi connectivity index (χ1n) is 7.60. The van der Waals surface area contributed by atoms with Crippen molar-refractivity contribution in [2.75, 3.05) is 31.7 Å². The van der Waals surface area contributed by atoms with Gasteiger partial charge in [0.25, 0.3) is 0 Å². The average Bonchev–Trinajstić information content (AvgIpc) is 2.54. The lowest BCUT2D eigenvalue weighted by Gasteiger charge is -2.14. The lowest BCUT2D eigenvalue weighted by Crippen LogP contribution is -2.41.